The van der Waals surface area contributed by atoms with E-state index in [0.717, 1.165) is 90.6 Å². The Morgan fingerprint density at radius 3 is 0.574 bits per heavy atom. The van der Waals surface area contributed by atoms with Crippen molar-refractivity contribution in [1.82, 2.24) is 0 Å². The zero-order valence-electron chi connectivity index (χ0n) is 88.4. The summed E-state index contributed by atoms with van der Waals surface area (Å²) in [5.74, 6) is 4.00. The van der Waals surface area contributed by atoms with Crippen molar-refractivity contribution in [3.63, 3.8) is 0 Å². The van der Waals surface area contributed by atoms with Crippen molar-refractivity contribution in [2.75, 3.05) is 52.9 Å². The predicted octanol–water partition coefficient (Wildman–Crippen LogP) is 27.2. The Balaban J connectivity index is 0.000000693. The Bertz CT molecular complexity index is 2370. The van der Waals surface area contributed by atoms with Gasteiger partial charge >= 0.3 is 0 Å². The van der Waals surface area contributed by atoms with E-state index in [1.54, 1.807) is 0 Å². The quantitative estimate of drug-likeness (QED) is 0.0370. The molecule has 4 heterocycles. The van der Waals surface area contributed by atoms with Crippen molar-refractivity contribution in [3.8, 4) is 0 Å². The highest BCUT2D eigenvalue weighted by Crippen LogP contribution is 2.56. The van der Waals surface area contributed by atoms with Gasteiger partial charge in [-0.3, -0.25) is 0 Å². The molecule has 0 spiro atoms. The van der Waals surface area contributed by atoms with Gasteiger partial charge in [0.05, 0.1) is 138 Å². The van der Waals surface area contributed by atoms with Gasteiger partial charge in [0.2, 0.25) is 0 Å². The van der Waals surface area contributed by atoms with Crippen LogP contribution in [0.5, 0.6) is 0 Å². The third kappa shape index (κ3) is 41.3. The first-order valence-electron chi connectivity index (χ1n) is 51.2. The third-order valence-corrected chi connectivity index (χ3v) is 32.3. The molecule has 0 radical (unpaired) electrons. The van der Waals surface area contributed by atoms with E-state index in [9.17, 15) is 30.6 Å². The minimum absolute atomic E-state index is 0.0851. The summed E-state index contributed by atoms with van der Waals surface area (Å²) in [4.78, 5) is 0. The number of rotatable bonds is 30. The zero-order valence-corrected chi connectivity index (χ0v) is 88.4. The fourth-order valence-electron chi connectivity index (χ4n) is 20.9. The maximum Gasteiger partial charge on any atom is 0.0810 e. The highest BCUT2D eigenvalue weighted by Gasteiger charge is 2.54. The fourth-order valence-corrected chi connectivity index (χ4v) is 20.9. The van der Waals surface area contributed by atoms with Crippen LogP contribution in [-0.4, -0.2) is 169 Å². The highest BCUT2D eigenvalue weighted by atomic mass is 16.6. The highest BCUT2D eigenvalue weighted by molar-refractivity contribution is 5.03. The van der Waals surface area contributed by atoms with Crippen LogP contribution >= 0.6 is 0 Å². The normalized spacial score (nSPS) is 33.0. The first-order valence-corrected chi connectivity index (χ1v) is 51.2. The predicted molar refractivity (Wildman–Crippen MR) is 518 cm³/mol. The molecule has 10 aliphatic rings. The topological polar surface area (TPSA) is 208 Å². The van der Waals surface area contributed by atoms with Crippen LogP contribution < -0.4 is 0 Å². The molecule has 10 fully saturated rings. The van der Waals surface area contributed by atoms with Crippen LogP contribution in [0.4, 0.5) is 0 Å². The molecule has 732 valence electrons. The van der Waals surface area contributed by atoms with Gasteiger partial charge in [-0.15, -0.1) is 0 Å². The SMILES string of the molecule is CCCC(O)COC1C(C)(C)CC[C@@H](C)C1(C)C.CCCC(O)CO[C@@H]1C(C)(C)CC[C@H](C)C1(C)C.CCCC1CO1.CCCC[C@@H]1CO1.CCCC[C@H]1CO1.CCC[C@@H]1CO1.CCC[C@H](O)COC1C(C)(C)CC[C@@H](C)C1(C)C.CCC[C@H](O)CO[C@@H]1C(C)(C)CC[C@H](C)C1(C)C.C[C@@H]1CCC(C)(C)C(O)C1(C)C.C[C@H]1CCC(C)(C)[C@@H](O)C1(C)C. The van der Waals surface area contributed by atoms with Crippen molar-refractivity contribution >= 4 is 0 Å². The second kappa shape index (κ2) is 54.6. The van der Waals surface area contributed by atoms with Crippen LogP contribution in [0, 0.1) is 100 Å². The van der Waals surface area contributed by atoms with E-state index < -0.39 is 0 Å². The smallest absolute Gasteiger partial charge is 0.0810 e. The first kappa shape index (κ1) is 119. The van der Waals surface area contributed by atoms with Crippen molar-refractivity contribution in [2.45, 2.75) is 541 Å². The van der Waals surface area contributed by atoms with Gasteiger partial charge in [0.25, 0.3) is 0 Å². The van der Waals surface area contributed by atoms with E-state index >= 15 is 0 Å². The number of ether oxygens (including phenoxy) is 8. The average molecular weight is 1740 g/mol. The molecule has 6 aliphatic carbocycles. The molecular formula is C108H216O14. The van der Waals surface area contributed by atoms with Crippen molar-refractivity contribution in [1.29, 1.82) is 0 Å². The Kier molecular flexibility index (Phi) is 53.4. The number of aliphatic hydroxyl groups excluding tert-OH is 6. The van der Waals surface area contributed by atoms with Gasteiger partial charge < -0.3 is 68.5 Å². The molecule has 4 saturated heterocycles. The Morgan fingerprint density at radius 2 is 0.426 bits per heavy atom. The summed E-state index contributed by atoms with van der Waals surface area (Å²) in [7, 11) is 0. The number of hydrogen-bond donors (Lipinski definition) is 6. The Hall–Kier alpha value is -0.560. The molecular weight excluding hydrogens is 1520 g/mol. The summed E-state index contributed by atoms with van der Waals surface area (Å²) in [6, 6.07) is 0. The molecule has 4 aliphatic heterocycles. The lowest BCUT2D eigenvalue weighted by atomic mass is 9.58. The number of unbranched alkanes of at least 4 members (excludes halogenated alkanes) is 2. The van der Waals surface area contributed by atoms with Crippen LogP contribution in [0.1, 0.15) is 456 Å². The second-order valence-electron chi connectivity index (χ2n) is 48.6. The van der Waals surface area contributed by atoms with Crippen molar-refractivity contribution in [2.24, 2.45) is 100 Å². The molecule has 0 aromatic rings. The molecule has 14 nitrogen and oxygen atoms in total. The molecule has 20 atom stereocenters. The second-order valence-corrected chi connectivity index (χ2v) is 48.6. The summed E-state index contributed by atoms with van der Waals surface area (Å²) in [5, 5.41) is 59.7. The minimum Gasteiger partial charge on any atom is -0.392 e. The molecule has 0 bridgehead atoms. The lowest BCUT2D eigenvalue weighted by Crippen LogP contribution is -2.51. The lowest BCUT2D eigenvalue weighted by Gasteiger charge is -2.52. The number of aliphatic hydroxyl groups is 6. The van der Waals surface area contributed by atoms with Gasteiger partial charge in [0.15, 0.2) is 0 Å². The van der Waals surface area contributed by atoms with E-state index in [1.165, 1.54) is 128 Å². The van der Waals surface area contributed by atoms with Crippen LogP contribution in [0.15, 0.2) is 0 Å². The Morgan fingerprint density at radius 1 is 0.254 bits per heavy atom. The minimum atomic E-state index is -0.307. The van der Waals surface area contributed by atoms with Gasteiger partial charge in [-0.2, -0.15) is 0 Å². The van der Waals surface area contributed by atoms with Crippen LogP contribution in [0.3, 0.4) is 0 Å². The maximum atomic E-state index is 10.1. The van der Waals surface area contributed by atoms with Crippen molar-refractivity contribution < 1.29 is 68.5 Å². The van der Waals surface area contributed by atoms with Gasteiger partial charge in [-0.25, -0.2) is 0 Å². The maximum absolute atomic E-state index is 10.1. The van der Waals surface area contributed by atoms with Gasteiger partial charge in [-0.1, -0.05) is 327 Å². The molecule has 122 heavy (non-hydrogen) atoms. The first-order chi connectivity index (χ1) is 56.1. The number of epoxide rings is 4. The summed E-state index contributed by atoms with van der Waals surface area (Å²) >= 11 is 0. The van der Waals surface area contributed by atoms with Gasteiger partial charge in [0, 0.05) is 0 Å². The monoisotopic (exact) mass is 1740 g/mol. The zero-order chi connectivity index (χ0) is 94.1. The van der Waals surface area contributed by atoms with Crippen LogP contribution in [-0.2, 0) is 37.9 Å². The van der Waals surface area contributed by atoms with E-state index in [4.69, 9.17) is 37.9 Å². The molecule has 6 saturated carbocycles. The van der Waals surface area contributed by atoms with Crippen LogP contribution in [0.2, 0.25) is 0 Å². The number of hydrogen-bond acceptors (Lipinski definition) is 14. The van der Waals surface area contributed by atoms with E-state index in [1.807, 2.05) is 0 Å². The lowest BCUT2D eigenvalue weighted by molar-refractivity contribution is -0.156. The fraction of sp³-hybridized carbons (Fsp3) is 1.00. The van der Waals surface area contributed by atoms with Gasteiger partial charge in [0.1, 0.15) is 0 Å². The summed E-state index contributed by atoms with van der Waals surface area (Å²) in [6.45, 7) is 91.4. The molecule has 0 amide bonds. The largest absolute Gasteiger partial charge is 0.392 e. The summed E-state index contributed by atoms with van der Waals surface area (Å²) in [5.41, 5.74) is 1.98. The molecule has 0 aromatic heterocycles. The Labute approximate surface area is 758 Å². The summed E-state index contributed by atoms with van der Waals surface area (Å²) in [6.07, 6.45) is 37.1. The standard InChI is InChI=1S/4C16H32O2.2C11H22O.2C6H12O.2C5H10O/c4*1-7-8-13(17)11-18-14-15(3,4)10-9-12(2)16(14,5)6;2*1-8-6-7-10(2,3)9(12)11(8,4)5;2*1-2-3-4-6-5-7-6;2*1-2-3-5-4-6-5/h4*12-14,17H,7-11H2,1-6H3;2*8-9,12H,6-7H2,1-5H3;2*6H,2-5H2,1H3;2*5H,2-4H2,1H3/t12-,13?,14?;12-,13?,14+;12-,13+,14?;12-,13-,14+;8-,9?;8-,9+;2*6-;5-;/m101010101./s1. The van der Waals surface area contributed by atoms with E-state index in [2.05, 4.69) is 263 Å². The van der Waals surface area contributed by atoms with Gasteiger partial charge in [-0.05, 0) is 229 Å². The molecule has 0 aromatic carbocycles. The third-order valence-electron chi connectivity index (χ3n) is 32.3. The molecule has 6 N–H and O–H groups in total. The molecule has 14 heteroatoms. The van der Waals surface area contributed by atoms with Crippen molar-refractivity contribution in [3.05, 3.63) is 0 Å². The molecule has 10 rings (SSSR count). The van der Waals surface area contributed by atoms with E-state index in [-0.39, 0.29) is 126 Å². The molecule has 6 unspecified atom stereocenters. The van der Waals surface area contributed by atoms with Crippen LogP contribution in [0.25, 0.3) is 0 Å². The van der Waals surface area contributed by atoms with E-state index in [0.29, 0.717) is 86.4 Å². The summed E-state index contributed by atoms with van der Waals surface area (Å²) < 4.78 is 44.5. The average Bonchev–Trinajstić information content (AvgIpc) is 0.924.